The van der Waals surface area contributed by atoms with Crippen LogP contribution in [0.4, 0.5) is 0 Å². The topological polar surface area (TPSA) is 55.1 Å². The fraction of sp³-hybridized carbons (Fsp3) is 0.333. The fourth-order valence-corrected chi connectivity index (χ4v) is 2.16. The third-order valence-corrected chi connectivity index (χ3v) is 3.32. The molecule has 0 atom stereocenters. The summed E-state index contributed by atoms with van der Waals surface area (Å²) in [6, 6.07) is 6.32. The summed E-state index contributed by atoms with van der Waals surface area (Å²) in [5.41, 5.74) is 5.66. The molecule has 0 spiro atoms. The first-order valence-corrected chi connectivity index (χ1v) is 6.31. The van der Waals surface area contributed by atoms with Gasteiger partial charge >= 0.3 is 5.97 Å². The van der Waals surface area contributed by atoms with E-state index in [0.29, 0.717) is 6.54 Å². The Morgan fingerprint density at radius 1 is 1.26 bits per heavy atom. The number of aryl methyl sites for hydroxylation is 3. The van der Waals surface area contributed by atoms with Gasteiger partial charge in [-0.1, -0.05) is 23.8 Å². The van der Waals surface area contributed by atoms with E-state index in [1.54, 1.807) is 4.68 Å². The van der Waals surface area contributed by atoms with Gasteiger partial charge < -0.3 is 5.11 Å². The first-order valence-electron chi connectivity index (χ1n) is 6.31. The lowest BCUT2D eigenvalue weighted by Crippen LogP contribution is -2.07. The zero-order valence-corrected chi connectivity index (χ0v) is 11.5. The van der Waals surface area contributed by atoms with E-state index < -0.39 is 5.97 Å². The van der Waals surface area contributed by atoms with Gasteiger partial charge in [-0.05, 0) is 31.9 Å². The van der Waals surface area contributed by atoms with Crippen LogP contribution in [0.1, 0.15) is 23.2 Å². The third-order valence-electron chi connectivity index (χ3n) is 3.32. The van der Waals surface area contributed by atoms with Crippen molar-refractivity contribution in [1.29, 1.82) is 0 Å². The minimum absolute atomic E-state index is 0.0920. The first kappa shape index (κ1) is 13.3. The van der Waals surface area contributed by atoms with E-state index in [1.807, 2.05) is 13.1 Å². The van der Waals surface area contributed by atoms with Gasteiger partial charge in [-0.3, -0.25) is 9.48 Å². The van der Waals surface area contributed by atoms with E-state index in [9.17, 15) is 4.79 Å². The molecule has 19 heavy (non-hydrogen) atoms. The van der Waals surface area contributed by atoms with Gasteiger partial charge in [0.25, 0.3) is 0 Å². The van der Waals surface area contributed by atoms with E-state index in [0.717, 1.165) is 11.3 Å². The Balaban J connectivity index is 2.36. The van der Waals surface area contributed by atoms with Gasteiger partial charge in [0.15, 0.2) is 0 Å². The zero-order valence-electron chi connectivity index (χ0n) is 11.5. The summed E-state index contributed by atoms with van der Waals surface area (Å²) in [6.07, 6.45) is 1.91. The Labute approximate surface area is 112 Å². The highest BCUT2D eigenvalue weighted by Crippen LogP contribution is 2.27. The van der Waals surface area contributed by atoms with Crippen molar-refractivity contribution < 1.29 is 9.90 Å². The molecule has 2 aromatic rings. The predicted molar refractivity (Wildman–Crippen MR) is 74.1 cm³/mol. The standard InChI is InChI=1S/C15H18N2O2/c1-10-4-5-11(2)13(8-10)14-9-16-17(12(14)3)7-6-15(18)19/h4-5,8-9H,6-7H2,1-3H3,(H,18,19). The molecule has 1 heterocycles. The summed E-state index contributed by atoms with van der Waals surface area (Å²) in [5, 5.41) is 13.0. The Morgan fingerprint density at radius 2 is 2.00 bits per heavy atom. The van der Waals surface area contributed by atoms with Crippen molar-refractivity contribution in [3.63, 3.8) is 0 Å². The maximum absolute atomic E-state index is 10.6. The summed E-state index contributed by atoms with van der Waals surface area (Å²) in [6.45, 7) is 6.52. The van der Waals surface area contributed by atoms with Crippen LogP contribution in [0.3, 0.4) is 0 Å². The number of nitrogens with zero attached hydrogens (tertiary/aromatic N) is 2. The molecule has 0 saturated heterocycles. The molecular formula is C15H18N2O2. The smallest absolute Gasteiger partial charge is 0.305 e. The van der Waals surface area contributed by atoms with Gasteiger partial charge in [-0.25, -0.2) is 0 Å². The molecule has 1 N–H and O–H groups in total. The average molecular weight is 258 g/mol. The molecular weight excluding hydrogens is 240 g/mol. The van der Waals surface area contributed by atoms with Crippen molar-refractivity contribution in [2.24, 2.45) is 0 Å². The summed E-state index contributed by atoms with van der Waals surface area (Å²) in [4.78, 5) is 10.6. The van der Waals surface area contributed by atoms with Gasteiger partial charge in [0.05, 0.1) is 19.2 Å². The molecule has 0 bridgehead atoms. The van der Waals surface area contributed by atoms with Crippen LogP contribution < -0.4 is 0 Å². The predicted octanol–water partition coefficient (Wildman–Crippen LogP) is 2.95. The quantitative estimate of drug-likeness (QED) is 0.917. The van der Waals surface area contributed by atoms with Crippen molar-refractivity contribution >= 4 is 5.97 Å². The Bertz CT molecular complexity index is 615. The molecule has 100 valence electrons. The Hall–Kier alpha value is -2.10. The normalized spacial score (nSPS) is 10.7. The van der Waals surface area contributed by atoms with E-state index in [4.69, 9.17) is 5.11 Å². The lowest BCUT2D eigenvalue weighted by Gasteiger charge is -2.08. The van der Waals surface area contributed by atoms with Crippen LogP contribution in [-0.4, -0.2) is 20.9 Å². The van der Waals surface area contributed by atoms with Gasteiger partial charge in [0.1, 0.15) is 0 Å². The molecule has 0 amide bonds. The number of carboxylic acids is 1. The van der Waals surface area contributed by atoms with Crippen molar-refractivity contribution in [2.75, 3.05) is 0 Å². The fourth-order valence-electron chi connectivity index (χ4n) is 2.16. The van der Waals surface area contributed by atoms with E-state index in [2.05, 4.69) is 37.1 Å². The van der Waals surface area contributed by atoms with Gasteiger partial charge in [0, 0.05) is 11.3 Å². The highest BCUT2D eigenvalue weighted by molar-refractivity contribution is 5.69. The molecule has 0 radical (unpaired) electrons. The molecule has 0 unspecified atom stereocenters. The van der Waals surface area contributed by atoms with Crippen LogP contribution in [0.25, 0.3) is 11.1 Å². The molecule has 1 aromatic heterocycles. The number of aliphatic carboxylic acids is 1. The lowest BCUT2D eigenvalue weighted by molar-refractivity contribution is -0.137. The number of rotatable bonds is 4. The minimum Gasteiger partial charge on any atom is -0.481 e. The number of aromatic nitrogens is 2. The van der Waals surface area contributed by atoms with Crippen molar-refractivity contribution in [1.82, 2.24) is 9.78 Å². The van der Waals surface area contributed by atoms with Crippen LogP contribution in [0.15, 0.2) is 24.4 Å². The van der Waals surface area contributed by atoms with Crippen molar-refractivity contribution in [3.8, 4) is 11.1 Å². The van der Waals surface area contributed by atoms with Crippen LogP contribution in [-0.2, 0) is 11.3 Å². The van der Waals surface area contributed by atoms with E-state index in [-0.39, 0.29) is 6.42 Å². The summed E-state index contributed by atoms with van der Waals surface area (Å²) in [5.74, 6) is -0.803. The van der Waals surface area contributed by atoms with E-state index in [1.165, 1.54) is 16.7 Å². The van der Waals surface area contributed by atoms with Crippen molar-refractivity contribution in [3.05, 3.63) is 41.2 Å². The van der Waals surface area contributed by atoms with Gasteiger partial charge in [-0.2, -0.15) is 5.10 Å². The van der Waals surface area contributed by atoms with Gasteiger partial charge in [-0.15, -0.1) is 0 Å². The number of benzene rings is 1. The Kier molecular flexibility index (Phi) is 3.69. The number of hydrogen-bond acceptors (Lipinski definition) is 2. The molecule has 4 nitrogen and oxygen atoms in total. The molecule has 2 rings (SSSR count). The molecule has 4 heteroatoms. The minimum atomic E-state index is -0.803. The van der Waals surface area contributed by atoms with Crippen LogP contribution in [0.5, 0.6) is 0 Å². The first-order chi connectivity index (χ1) is 8.99. The molecule has 0 fully saturated rings. The van der Waals surface area contributed by atoms with Crippen molar-refractivity contribution in [2.45, 2.75) is 33.7 Å². The molecule has 1 aromatic carbocycles. The highest BCUT2D eigenvalue weighted by Gasteiger charge is 2.11. The Morgan fingerprint density at radius 3 is 2.68 bits per heavy atom. The monoisotopic (exact) mass is 258 g/mol. The maximum atomic E-state index is 10.6. The highest BCUT2D eigenvalue weighted by atomic mass is 16.4. The second-order valence-electron chi connectivity index (χ2n) is 4.83. The molecule has 0 saturated carbocycles. The molecule has 0 aliphatic carbocycles. The summed E-state index contributed by atoms with van der Waals surface area (Å²) < 4.78 is 1.76. The number of carboxylic acid groups (broad SMARTS) is 1. The third kappa shape index (κ3) is 2.84. The second-order valence-corrected chi connectivity index (χ2v) is 4.83. The molecule has 0 aliphatic heterocycles. The number of carbonyl (C=O) groups is 1. The number of hydrogen-bond donors (Lipinski definition) is 1. The van der Waals surface area contributed by atoms with Crippen LogP contribution in [0, 0.1) is 20.8 Å². The zero-order chi connectivity index (χ0) is 14.0. The average Bonchev–Trinajstić information content (AvgIpc) is 2.71. The lowest BCUT2D eigenvalue weighted by atomic mass is 9.99. The summed E-state index contributed by atoms with van der Waals surface area (Å²) in [7, 11) is 0. The SMILES string of the molecule is Cc1ccc(C)c(-c2cnn(CCC(=O)O)c2C)c1. The summed E-state index contributed by atoms with van der Waals surface area (Å²) >= 11 is 0. The molecule has 0 aliphatic rings. The second kappa shape index (κ2) is 5.26. The largest absolute Gasteiger partial charge is 0.481 e. The maximum Gasteiger partial charge on any atom is 0.305 e. The van der Waals surface area contributed by atoms with Crippen LogP contribution >= 0.6 is 0 Å². The van der Waals surface area contributed by atoms with E-state index >= 15 is 0 Å². The van der Waals surface area contributed by atoms with Crippen LogP contribution in [0.2, 0.25) is 0 Å². The van der Waals surface area contributed by atoms with Gasteiger partial charge in [0.2, 0.25) is 0 Å².